The summed E-state index contributed by atoms with van der Waals surface area (Å²) in [6, 6.07) is 36.1. The smallest absolute Gasteiger partial charge is 0.127 e. The zero-order chi connectivity index (χ0) is 22.3. The molecule has 2 nitrogen and oxygen atoms in total. The van der Waals surface area contributed by atoms with Crippen molar-refractivity contribution >= 4 is 0 Å². The van der Waals surface area contributed by atoms with Crippen LogP contribution >= 0.6 is 0 Å². The van der Waals surface area contributed by atoms with Gasteiger partial charge in [0.15, 0.2) is 0 Å². The highest BCUT2D eigenvalue weighted by Gasteiger charge is 2.01. The molecule has 0 atom stereocenters. The molecule has 0 aliphatic heterocycles. The number of hydrogen-bond donors (Lipinski definition) is 0. The van der Waals surface area contributed by atoms with Crippen molar-refractivity contribution in [2.45, 2.75) is 34.1 Å². The molecule has 0 radical (unpaired) electrons. The second-order valence-corrected chi connectivity index (χ2v) is 6.29. The molecule has 4 rings (SSSR count). The Labute approximate surface area is 187 Å². The predicted octanol–water partition coefficient (Wildman–Crippen LogP) is 8.91. The first-order chi connectivity index (χ1) is 15.3. The molecule has 0 unspecified atom stereocenters. The molecule has 0 amide bonds. The molecule has 160 valence electrons. The van der Waals surface area contributed by atoms with Crippen LogP contribution in [0.15, 0.2) is 109 Å². The lowest BCUT2D eigenvalue weighted by atomic mass is 10.0. The zero-order valence-corrected chi connectivity index (χ0v) is 18.9. The van der Waals surface area contributed by atoms with Crippen molar-refractivity contribution in [3.05, 3.63) is 120 Å². The lowest BCUT2D eigenvalue weighted by Gasteiger charge is -2.08. The molecule has 0 aromatic heterocycles. The molecule has 4 aromatic carbocycles. The van der Waals surface area contributed by atoms with Gasteiger partial charge >= 0.3 is 0 Å². The van der Waals surface area contributed by atoms with Crippen molar-refractivity contribution in [3.8, 4) is 23.0 Å². The van der Waals surface area contributed by atoms with Gasteiger partial charge < -0.3 is 9.47 Å². The Balaban J connectivity index is 0.000000807. The van der Waals surface area contributed by atoms with Crippen LogP contribution in [0.3, 0.4) is 0 Å². The molecule has 0 spiro atoms. The molecule has 0 aliphatic carbocycles. The number of ether oxygens (including phenoxy) is 2. The number of rotatable bonds is 6. The van der Waals surface area contributed by atoms with Crippen LogP contribution in [0.25, 0.3) is 0 Å². The van der Waals surface area contributed by atoms with Crippen LogP contribution in [0.1, 0.15) is 38.8 Å². The van der Waals surface area contributed by atoms with Crippen LogP contribution in [-0.2, 0) is 6.42 Å². The molecule has 0 saturated heterocycles. The van der Waals surface area contributed by atoms with Gasteiger partial charge in [0.1, 0.15) is 23.0 Å². The Morgan fingerprint density at radius 3 is 1.00 bits per heavy atom. The summed E-state index contributed by atoms with van der Waals surface area (Å²) >= 11 is 0. The molecule has 2 heteroatoms. The van der Waals surface area contributed by atoms with Crippen LogP contribution in [0.2, 0.25) is 0 Å². The van der Waals surface area contributed by atoms with E-state index in [-0.39, 0.29) is 0 Å². The summed E-state index contributed by atoms with van der Waals surface area (Å²) in [5, 5.41) is 0. The fraction of sp³-hybridized carbons (Fsp3) is 0.172. The number of hydrogen-bond acceptors (Lipinski definition) is 2. The van der Waals surface area contributed by atoms with E-state index in [0.717, 1.165) is 29.4 Å². The Hall–Kier alpha value is -3.52. The Morgan fingerprint density at radius 1 is 0.387 bits per heavy atom. The van der Waals surface area contributed by atoms with E-state index >= 15 is 0 Å². The minimum absolute atomic E-state index is 0.844. The second-order valence-electron chi connectivity index (χ2n) is 6.29. The zero-order valence-electron chi connectivity index (χ0n) is 18.9. The van der Waals surface area contributed by atoms with E-state index in [4.69, 9.17) is 9.47 Å². The summed E-state index contributed by atoms with van der Waals surface area (Å²) in [5.41, 5.74) is 2.49. The molecule has 0 fully saturated rings. The maximum absolute atomic E-state index is 5.84. The van der Waals surface area contributed by atoms with Crippen LogP contribution < -0.4 is 9.47 Å². The molecular weight excluding hydrogens is 380 g/mol. The quantitative estimate of drug-likeness (QED) is 0.315. The van der Waals surface area contributed by atoms with Crippen LogP contribution in [0, 0.1) is 0 Å². The number of benzene rings is 4. The highest BCUT2D eigenvalue weighted by Crippen LogP contribution is 2.24. The maximum atomic E-state index is 5.84. The normalized spacial score (nSPS) is 9.42. The maximum Gasteiger partial charge on any atom is 0.127 e. The summed E-state index contributed by atoms with van der Waals surface area (Å²) in [4.78, 5) is 0. The van der Waals surface area contributed by atoms with Crippen molar-refractivity contribution < 1.29 is 9.47 Å². The fourth-order valence-electron chi connectivity index (χ4n) is 2.84. The average molecular weight is 413 g/mol. The molecule has 0 aliphatic rings. The number of para-hydroxylation sites is 2. The van der Waals surface area contributed by atoms with E-state index in [1.807, 2.05) is 113 Å². The predicted molar refractivity (Wildman–Crippen MR) is 131 cm³/mol. The lowest BCUT2D eigenvalue weighted by Crippen LogP contribution is -1.90. The van der Waals surface area contributed by atoms with Gasteiger partial charge in [-0.25, -0.2) is 0 Å². The average Bonchev–Trinajstić information content (AvgIpc) is 2.85. The van der Waals surface area contributed by atoms with Crippen molar-refractivity contribution in [2.75, 3.05) is 0 Å². The molecule has 0 saturated carbocycles. The molecular formula is C29H32O2. The van der Waals surface area contributed by atoms with Gasteiger partial charge in [-0.1, -0.05) is 88.4 Å². The van der Waals surface area contributed by atoms with Crippen molar-refractivity contribution in [1.82, 2.24) is 0 Å². The first-order valence-corrected chi connectivity index (χ1v) is 11.0. The monoisotopic (exact) mass is 412 g/mol. The highest BCUT2D eigenvalue weighted by atomic mass is 16.5. The van der Waals surface area contributed by atoms with E-state index in [9.17, 15) is 0 Å². The summed E-state index contributed by atoms with van der Waals surface area (Å²) in [6.45, 7) is 8.00. The van der Waals surface area contributed by atoms with Gasteiger partial charge in [0.2, 0.25) is 0 Å². The van der Waals surface area contributed by atoms with Gasteiger partial charge in [0, 0.05) is 0 Å². The molecule has 0 heterocycles. The third-order valence-corrected chi connectivity index (χ3v) is 4.21. The molecule has 0 bridgehead atoms. The lowest BCUT2D eigenvalue weighted by molar-refractivity contribution is 0.482. The van der Waals surface area contributed by atoms with E-state index in [2.05, 4.69) is 24.3 Å². The van der Waals surface area contributed by atoms with Gasteiger partial charge in [-0.05, 0) is 66.1 Å². The third-order valence-electron chi connectivity index (χ3n) is 4.21. The second kappa shape index (κ2) is 13.7. The molecule has 4 aromatic rings. The van der Waals surface area contributed by atoms with Crippen LogP contribution in [0.4, 0.5) is 0 Å². The first kappa shape index (κ1) is 23.8. The Bertz CT molecular complexity index is 878. The summed E-state index contributed by atoms with van der Waals surface area (Å²) in [7, 11) is 0. The van der Waals surface area contributed by atoms with Gasteiger partial charge in [-0.15, -0.1) is 0 Å². The van der Waals surface area contributed by atoms with E-state index < -0.39 is 0 Å². The minimum atomic E-state index is 0.844. The van der Waals surface area contributed by atoms with Crippen LogP contribution in [-0.4, -0.2) is 0 Å². The van der Waals surface area contributed by atoms with Gasteiger partial charge in [0.25, 0.3) is 0 Å². The van der Waals surface area contributed by atoms with Gasteiger partial charge in [0.05, 0.1) is 0 Å². The SMILES string of the molecule is CC.CC.c1ccc(Oc2ccc(Cc3ccc(Oc4ccccc4)cc3)cc2)cc1. The minimum Gasteiger partial charge on any atom is -0.457 e. The van der Waals surface area contributed by atoms with Crippen LogP contribution in [0.5, 0.6) is 23.0 Å². The van der Waals surface area contributed by atoms with Gasteiger partial charge in [-0.3, -0.25) is 0 Å². The van der Waals surface area contributed by atoms with Gasteiger partial charge in [-0.2, -0.15) is 0 Å². The van der Waals surface area contributed by atoms with Crippen molar-refractivity contribution in [3.63, 3.8) is 0 Å². The Morgan fingerprint density at radius 2 is 0.677 bits per heavy atom. The van der Waals surface area contributed by atoms with Crippen molar-refractivity contribution in [1.29, 1.82) is 0 Å². The molecule has 0 N–H and O–H groups in total. The topological polar surface area (TPSA) is 18.5 Å². The summed E-state index contributed by atoms with van der Waals surface area (Å²) in [6.07, 6.45) is 0.872. The summed E-state index contributed by atoms with van der Waals surface area (Å²) < 4.78 is 11.7. The Kier molecular flexibility index (Phi) is 10.5. The molecule has 31 heavy (non-hydrogen) atoms. The van der Waals surface area contributed by atoms with Crippen molar-refractivity contribution in [2.24, 2.45) is 0 Å². The third kappa shape index (κ3) is 8.02. The largest absolute Gasteiger partial charge is 0.457 e. The standard InChI is InChI=1S/C25H20O2.2C2H6/c1-3-7-22(8-4-1)26-24-15-11-20(12-16-24)19-21-13-17-25(18-14-21)27-23-9-5-2-6-10-23;2*1-2/h1-18H,19H2;2*1-2H3. The first-order valence-electron chi connectivity index (χ1n) is 11.0. The van der Waals surface area contributed by atoms with E-state index in [0.29, 0.717) is 0 Å². The fourth-order valence-corrected chi connectivity index (χ4v) is 2.84. The highest BCUT2D eigenvalue weighted by molar-refractivity contribution is 5.37. The summed E-state index contributed by atoms with van der Waals surface area (Å²) in [5.74, 6) is 3.38. The van der Waals surface area contributed by atoms with E-state index in [1.54, 1.807) is 0 Å². The van der Waals surface area contributed by atoms with E-state index in [1.165, 1.54) is 11.1 Å².